The molecule has 2 atom stereocenters. The smallest absolute Gasteiger partial charge is 0.0802 e. The maximum Gasteiger partial charge on any atom is 0.0802 e. The van der Waals surface area contributed by atoms with Crippen molar-refractivity contribution in [2.75, 3.05) is 19.7 Å². The molecule has 1 aromatic rings. The van der Waals surface area contributed by atoms with Gasteiger partial charge in [-0.2, -0.15) is 0 Å². The number of rotatable bonds is 6. The van der Waals surface area contributed by atoms with Crippen LogP contribution in [0.3, 0.4) is 0 Å². The van der Waals surface area contributed by atoms with E-state index in [4.69, 9.17) is 0 Å². The molecular weight excluding hydrogens is 286 g/mol. The molecule has 1 aromatic carbocycles. The minimum absolute atomic E-state index is 0.272. The molecule has 2 N–H and O–H groups in total. The molecule has 1 saturated heterocycles. The highest BCUT2D eigenvalue weighted by Gasteiger charge is 2.22. The average molecular weight is 317 g/mol. The zero-order valence-electron chi connectivity index (χ0n) is 14.2. The van der Waals surface area contributed by atoms with Crippen molar-refractivity contribution in [3.05, 3.63) is 34.9 Å². The number of hydrogen-bond acceptors (Lipinski definition) is 3. The summed E-state index contributed by atoms with van der Waals surface area (Å²) in [4.78, 5) is 2.47. The standard InChI is InChI=1S/C20H31NO2/c22-14-11-19-7-3-4-12-21(19)13-10-20(23)18-9-8-16-5-1-2-6-17(16)15-18/h8-9,15,19-20,22-23H,1-7,10-14H2. The van der Waals surface area contributed by atoms with Crippen molar-refractivity contribution in [3.8, 4) is 0 Å². The Hall–Kier alpha value is -0.900. The molecule has 2 aliphatic rings. The first-order chi connectivity index (χ1) is 11.3. The second-order valence-electron chi connectivity index (χ2n) is 7.24. The predicted molar refractivity (Wildman–Crippen MR) is 93.6 cm³/mol. The van der Waals surface area contributed by atoms with Gasteiger partial charge in [0.2, 0.25) is 0 Å². The Morgan fingerprint density at radius 2 is 1.91 bits per heavy atom. The minimum atomic E-state index is -0.362. The molecule has 0 spiro atoms. The fourth-order valence-corrected chi connectivity index (χ4v) is 4.25. The van der Waals surface area contributed by atoms with Crippen molar-refractivity contribution in [1.29, 1.82) is 0 Å². The van der Waals surface area contributed by atoms with Crippen LogP contribution in [0.25, 0.3) is 0 Å². The highest BCUT2D eigenvalue weighted by Crippen LogP contribution is 2.27. The second-order valence-corrected chi connectivity index (χ2v) is 7.24. The number of benzene rings is 1. The van der Waals surface area contributed by atoms with Gasteiger partial charge in [-0.15, -0.1) is 0 Å². The zero-order valence-corrected chi connectivity index (χ0v) is 14.2. The Kier molecular flexibility index (Phi) is 6.09. The van der Waals surface area contributed by atoms with Crippen LogP contribution in [-0.2, 0) is 12.8 Å². The molecule has 1 fully saturated rings. The zero-order chi connectivity index (χ0) is 16.1. The van der Waals surface area contributed by atoms with Crippen molar-refractivity contribution >= 4 is 0 Å². The van der Waals surface area contributed by atoms with E-state index in [1.807, 2.05) is 0 Å². The number of likely N-dealkylation sites (tertiary alicyclic amines) is 1. The van der Waals surface area contributed by atoms with E-state index in [2.05, 4.69) is 23.1 Å². The van der Waals surface area contributed by atoms with E-state index in [0.717, 1.165) is 31.5 Å². The van der Waals surface area contributed by atoms with Gasteiger partial charge in [0.25, 0.3) is 0 Å². The van der Waals surface area contributed by atoms with Crippen molar-refractivity contribution in [2.45, 2.75) is 69.9 Å². The first-order valence-corrected chi connectivity index (χ1v) is 9.42. The van der Waals surface area contributed by atoms with Gasteiger partial charge in [0.15, 0.2) is 0 Å². The second kappa shape index (κ2) is 8.27. The molecule has 0 aromatic heterocycles. The minimum Gasteiger partial charge on any atom is -0.396 e. The average Bonchev–Trinajstić information content (AvgIpc) is 2.60. The molecular formula is C20H31NO2. The summed E-state index contributed by atoms with van der Waals surface area (Å²) in [6.07, 6.45) is 9.96. The van der Waals surface area contributed by atoms with E-state index in [1.165, 1.54) is 56.1 Å². The molecule has 3 heteroatoms. The highest BCUT2D eigenvalue weighted by atomic mass is 16.3. The molecule has 0 bridgehead atoms. The third-order valence-electron chi connectivity index (χ3n) is 5.66. The van der Waals surface area contributed by atoms with Crippen molar-refractivity contribution in [2.24, 2.45) is 0 Å². The van der Waals surface area contributed by atoms with Crippen LogP contribution < -0.4 is 0 Å². The van der Waals surface area contributed by atoms with E-state index in [0.29, 0.717) is 6.04 Å². The van der Waals surface area contributed by atoms with Crippen LogP contribution in [0.4, 0.5) is 0 Å². The van der Waals surface area contributed by atoms with E-state index >= 15 is 0 Å². The largest absolute Gasteiger partial charge is 0.396 e. The molecule has 0 radical (unpaired) electrons. The van der Waals surface area contributed by atoms with Crippen LogP contribution in [0.1, 0.15) is 67.7 Å². The summed E-state index contributed by atoms with van der Waals surface area (Å²) >= 11 is 0. The third-order valence-corrected chi connectivity index (χ3v) is 5.66. The molecule has 1 heterocycles. The Labute approximate surface area is 140 Å². The molecule has 128 valence electrons. The van der Waals surface area contributed by atoms with Gasteiger partial charge in [0.1, 0.15) is 0 Å². The maximum atomic E-state index is 10.6. The lowest BCUT2D eigenvalue weighted by molar-refractivity contribution is 0.0891. The third kappa shape index (κ3) is 4.34. The summed E-state index contributed by atoms with van der Waals surface area (Å²) in [5.41, 5.74) is 4.01. The molecule has 0 amide bonds. The van der Waals surface area contributed by atoms with Gasteiger partial charge in [0, 0.05) is 19.2 Å². The van der Waals surface area contributed by atoms with Gasteiger partial charge >= 0.3 is 0 Å². The van der Waals surface area contributed by atoms with Gasteiger partial charge in [-0.05, 0) is 74.6 Å². The number of nitrogens with zero attached hydrogens (tertiary/aromatic N) is 1. The number of piperidine rings is 1. The fourth-order valence-electron chi connectivity index (χ4n) is 4.25. The molecule has 1 aliphatic carbocycles. The summed E-state index contributed by atoms with van der Waals surface area (Å²) < 4.78 is 0. The lowest BCUT2D eigenvalue weighted by Gasteiger charge is -2.36. The fraction of sp³-hybridized carbons (Fsp3) is 0.700. The topological polar surface area (TPSA) is 43.7 Å². The van der Waals surface area contributed by atoms with Crippen LogP contribution in [0, 0.1) is 0 Å². The molecule has 3 rings (SSSR count). The van der Waals surface area contributed by atoms with Crippen molar-refractivity contribution in [3.63, 3.8) is 0 Å². The number of aliphatic hydroxyl groups is 2. The van der Waals surface area contributed by atoms with Gasteiger partial charge in [-0.1, -0.05) is 24.6 Å². The highest BCUT2D eigenvalue weighted by molar-refractivity contribution is 5.34. The van der Waals surface area contributed by atoms with Crippen molar-refractivity contribution in [1.82, 2.24) is 4.90 Å². The molecule has 1 aliphatic heterocycles. The number of fused-ring (bicyclic) bond motifs is 1. The first kappa shape index (κ1) is 16.9. The lowest BCUT2D eigenvalue weighted by Crippen LogP contribution is -2.41. The van der Waals surface area contributed by atoms with Gasteiger partial charge in [0.05, 0.1) is 6.10 Å². The summed E-state index contributed by atoms with van der Waals surface area (Å²) in [7, 11) is 0. The molecule has 0 saturated carbocycles. The Morgan fingerprint density at radius 1 is 1.09 bits per heavy atom. The SMILES string of the molecule is OCCC1CCCCN1CCC(O)c1ccc2c(c1)CCCC2. The van der Waals surface area contributed by atoms with Crippen LogP contribution in [0.2, 0.25) is 0 Å². The number of aliphatic hydroxyl groups excluding tert-OH is 2. The number of hydrogen-bond donors (Lipinski definition) is 2. The van der Waals surface area contributed by atoms with Crippen LogP contribution >= 0.6 is 0 Å². The lowest BCUT2D eigenvalue weighted by atomic mass is 9.89. The van der Waals surface area contributed by atoms with Crippen LogP contribution in [-0.4, -0.2) is 40.9 Å². The van der Waals surface area contributed by atoms with Crippen LogP contribution in [0.5, 0.6) is 0 Å². The molecule has 2 unspecified atom stereocenters. The van der Waals surface area contributed by atoms with Gasteiger partial charge in [-0.25, -0.2) is 0 Å². The summed E-state index contributed by atoms with van der Waals surface area (Å²) in [6, 6.07) is 7.09. The van der Waals surface area contributed by atoms with E-state index < -0.39 is 0 Å². The number of aryl methyl sites for hydroxylation is 2. The normalized spacial score (nSPS) is 23.5. The summed E-state index contributed by atoms with van der Waals surface area (Å²) in [6.45, 7) is 2.32. The maximum absolute atomic E-state index is 10.6. The first-order valence-electron chi connectivity index (χ1n) is 9.42. The van der Waals surface area contributed by atoms with E-state index in [1.54, 1.807) is 0 Å². The monoisotopic (exact) mass is 317 g/mol. The van der Waals surface area contributed by atoms with Crippen LogP contribution in [0.15, 0.2) is 18.2 Å². The summed E-state index contributed by atoms with van der Waals surface area (Å²) in [5, 5.41) is 19.8. The van der Waals surface area contributed by atoms with Crippen molar-refractivity contribution < 1.29 is 10.2 Å². The Balaban J connectivity index is 1.57. The van der Waals surface area contributed by atoms with Gasteiger partial charge < -0.3 is 15.1 Å². The quantitative estimate of drug-likeness (QED) is 0.846. The summed E-state index contributed by atoms with van der Waals surface area (Å²) in [5.74, 6) is 0. The molecule has 23 heavy (non-hydrogen) atoms. The Morgan fingerprint density at radius 3 is 2.74 bits per heavy atom. The van der Waals surface area contributed by atoms with Gasteiger partial charge in [-0.3, -0.25) is 0 Å². The van der Waals surface area contributed by atoms with E-state index in [-0.39, 0.29) is 12.7 Å². The molecule has 3 nitrogen and oxygen atoms in total. The Bertz CT molecular complexity index is 500. The van der Waals surface area contributed by atoms with E-state index in [9.17, 15) is 10.2 Å². The predicted octanol–water partition coefficient (Wildman–Crippen LogP) is 3.23.